The molecule has 0 aliphatic rings. The molecule has 0 unspecified atom stereocenters. The zero-order valence-electron chi connectivity index (χ0n) is 9.50. The number of nitrogen functional groups attached to an aromatic ring is 1. The average molecular weight is 244 g/mol. The molecule has 2 heterocycles. The van der Waals surface area contributed by atoms with Crippen LogP contribution in [0.1, 0.15) is 16.1 Å². The lowest BCUT2D eigenvalue weighted by atomic mass is 10.2. The number of nitrogens with zero attached hydrogens (tertiary/aromatic N) is 3. The highest BCUT2D eigenvalue weighted by molar-refractivity contribution is 5.99. The molecule has 92 valence electrons. The van der Waals surface area contributed by atoms with E-state index < -0.39 is 0 Å². The van der Waals surface area contributed by atoms with Gasteiger partial charge in [-0.15, -0.1) is 0 Å². The van der Waals surface area contributed by atoms with Gasteiger partial charge < -0.3 is 10.7 Å². The van der Waals surface area contributed by atoms with Gasteiger partial charge in [-0.2, -0.15) is 0 Å². The molecule has 7 nitrogen and oxygen atoms in total. The number of carbonyl (C=O) groups is 1. The van der Waals surface area contributed by atoms with Crippen molar-refractivity contribution in [2.24, 2.45) is 5.84 Å². The molecule has 7 heteroatoms. The highest BCUT2D eigenvalue weighted by atomic mass is 16.1. The number of hydrogen-bond donors (Lipinski definition) is 3. The first-order valence-electron chi connectivity index (χ1n) is 5.25. The molecule has 1 amide bonds. The van der Waals surface area contributed by atoms with Gasteiger partial charge in [0, 0.05) is 18.6 Å². The first kappa shape index (κ1) is 11.9. The minimum absolute atomic E-state index is 0.269. The number of aromatic nitrogens is 3. The van der Waals surface area contributed by atoms with E-state index in [2.05, 4.69) is 25.7 Å². The Labute approximate surface area is 103 Å². The van der Waals surface area contributed by atoms with Crippen LogP contribution in [0.15, 0.2) is 37.1 Å². The second kappa shape index (κ2) is 5.69. The molecular weight excluding hydrogens is 232 g/mol. The van der Waals surface area contributed by atoms with Crippen LogP contribution in [0.5, 0.6) is 0 Å². The molecule has 2 aromatic heterocycles. The molecular formula is C11H12N6O. The van der Waals surface area contributed by atoms with E-state index in [1.807, 2.05) is 0 Å². The van der Waals surface area contributed by atoms with Crippen LogP contribution >= 0.6 is 0 Å². The summed E-state index contributed by atoms with van der Waals surface area (Å²) < 4.78 is 0. The zero-order chi connectivity index (χ0) is 12.8. The van der Waals surface area contributed by atoms with Crippen molar-refractivity contribution in [2.45, 2.75) is 6.54 Å². The van der Waals surface area contributed by atoms with Gasteiger partial charge in [-0.1, -0.05) is 0 Å². The molecule has 2 aromatic rings. The lowest BCUT2D eigenvalue weighted by Gasteiger charge is -2.08. The third-order valence-electron chi connectivity index (χ3n) is 2.29. The number of anilines is 1. The molecule has 0 bridgehead atoms. The van der Waals surface area contributed by atoms with Crippen molar-refractivity contribution in [1.82, 2.24) is 20.3 Å². The van der Waals surface area contributed by atoms with E-state index in [1.165, 1.54) is 12.5 Å². The standard InChI is InChI=1S/C11H12N6O/c12-17-10-2-4-13-6-9(10)11(18)15-5-8-1-3-14-7-16-8/h1-4,6-7H,5,12H2,(H,13,17)(H,15,18). The van der Waals surface area contributed by atoms with Gasteiger partial charge in [0.05, 0.1) is 23.5 Å². The second-order valence-corrected chi connectivity index (χ2v) is 3.45. The smallest absolute Gasteiger partial charge is 0.255 e. The zero-order valence-corrected chi connectivity index (χ0v) is 9.50. The quantitative estimate of drug-likeness (QED) is 0.520. The fourth-order valence-corrected chi connectivity index (χ4v) is 1.39. The van der Waals surface area contributed by atoms with Crippen molar-refractivity contribution >= 4 is 11.6 Å². The van der Waals surface area contributed by atoms with E-state index >= 15 is 0 Å². The molecule has 18 heavy (non-hydrogen) atoms. The van der Waals surface area contributed by atoms with E-state index in [0.717, 1.165) is 5.69 Å². The average Bonchev–Trinajstić information content (AvgIpc) is 2.45. The number of pyridine rings is 1. The summed E-state index contributed by atoms with van der Waals surface area (Å²) in [6.45, 7) is 0.320. The first-order valence-corrected chi connectivity index (χ1v) is 5.25. The topological polar surface area (TPSA) is 106 Å². The van der Waals surface area contributed by atoms with Crippen molar-refractivity contribution in [1.29, 1.82) is 0 Å². The molecule has 2 rings (SSSR count). The van der Waals surface area contributed by atoms with Crippen molar-refractivity contribution in [3.8, 4) is 0 Å². The number of hydrazine groups is 1. The van der Waals surface area contributed by atoms with Crippen molar-refractivity contribution < 1.29 is 4.79 Å². The molecule has 0 saturated heterocycles. The van der Waals surface area contributed by atoms with Crippen LogP contribution in [-0.4, -0.2) is 20.9 Å². The number of carbonyl (C=O) groups excluding carboxylic acids is 1. The van der Waals surface area contributed by atoms with Crippen molar-refractivity contribution in [3.05, 3.63) is 48.3 Å². The lowest BCUT2D eigenvalue weighted by molar-refractivity contribution is 0.0951. The number of nitrogens with one attached hydrogen (secondary N) is 2. The highest BCUT2D eigenvalue weighted by Crippen LogP contribution is 2.11. The Kier molecular flexibility index (Phi) is 3.77. The summed E-state index contributed by atoms with van der Waals surface area (Å²) >= 11 is 0. The second-order valence-electron chi connectivity index (χ2n) is 3.45. The molecule has 0 saturated carbocycles. The minimum Gasteiger partial charge on any atom is -0.346 e. The summed E-state index contributed by atoms with van der Waals surface area (Å²) in [5.74, 6) is 5.05. The fourth-order valence-electron chi connectivity index (χ4n) is 1.39. The summed E-state index contributed by atoms with van der Waals surface area (Å²) in [4.78, 5) is 23.6. The van der Waals surface area contributed by atoms with Gasteiger partial charge in [0.2, 0.25) is 0 Å². The Hall–Kier alpha value is -2.54. The van der Waals surface area contributed by atoms with Crippen LogP contribution < -0.4 is 16.6 Å². The Balaban J connectivity index is 2.04. The molecule has 0 aliphatic heterocycles. The molecule has 0 radical (unpaired) electrons. The predicted octanol–water partition coefficient (Wildman–Crippen LogP) is 0.0872. The summed E-state index contributed by atoms with van der Waals surface area (Å²) in [7, 11) is 0. The maximum Gasteiger partial charge on any atom is 0.255 e. The maximum absolute atomic E-state index is 11.9. The Morgan fingerprint density at radius 1 is 1.28 bits per heavy atom. The van der Waals surface area contributed by atoms with Gasteiger partial charge in [0.25, 0.3) is 5.91 Å². The molecule has 0 fully saturated rings. The first-order chi connectivity index (χ1) is 8.81. The van der Waals surface area contributed by atoms with E-state index in [9.17, 15) is 4.79 Å². The maximum atomic E-state index is 11.9. The van der Waals surface area contributed by atoms with Gasteiger partial charge in [-0.3, -0.25) is 15.6 Å². The van der Waals surface area contributed by atoms with Crippen LogP contribution in [0.25, 0.3) is 0 Å². The molecule has 0 spiro atoms. The van der Waals surface area contributed by atoms with Gasteiger partial charge in [0.1, 0.15) is 6.33 Å². The summed E-state index contributed by atoms with van der Waals surface area (Å²) in [5.41, 5.74) is 4.08. The largest absolute Gasteiger partial charge is 0.346 e. The third kappa shape index (κ3) is 2.77. The molecule has 0 atom stereocenters. The SMILES string of the molecule is NNc1ccncc1C(=O)NCc1ccncn1. The van der Waals surface area contributed by atoms with E-state index in [4.69, 9.17) is 5.84 Å². The highest BCUT2D eigenvalue weighted by Gasteiger charge is 2.10. The predicted molar refractivity (Wildman–Crippen MR) is 65.2 cm³/mol. The monoisotopic (exact) mass is 244 g/mol. The van der Waals surface area contributed by atoms with Gasteiger partial charge in [-0.05, 0) is 12.1 Å². The van der Waals surface area contributed by atoms with Gasteiger partial charge >= 0.3 is 0 Å². The summed E-state index contributed by atoms with van der Waals surface area (Å²) in [6.07, 6.45) is 6.05. The van der Waals surface area contributed by atoms with Crippen LogP contribution in [0.2, 0.25) is 0 Å². The van der Waals surface area contributed by atoms with Crippen molar-refractivity contribution in [2.75, 3.05) is 5.43 Å². The number of amides is 1. The normalized spacial score (nSPS) is 9.83. The van der Waals surface area contributed by atoms with E-state index in [1.54, 1.807) is 24.5 Å². The minimum atomic E-state index is -0.269. The molecule has 0 aromatic carbocycles. The van der Waals surface area contributed by atoms with Gasteiger partial charge in [-0.25, -0.2) is 9.97 Å². The Bertz CT molecular complexity index is 530. The molecule has 0 aliphatic carbocycles. The van der Waals surface area contributed by atoms with Crippen molar-refractivity contribution in [3.63, 3.8) is 0 Å². The van der Waals surface area contributed by atoms with E-state index in [0.29, 0.717) is 17.8 Å². The van der Waals surface area contributed by atoms with Crippen LogP contribution in [-0.2, 0) is 6.54 Å². The Morgan fingerprint density at radius 3 is 2.83 bits per heavy atom. The molecule has 4 N–H and O–H groups in total. The van der Waals surface area contributed by atoms with Crippen LogP contribution in [0, 0.1) is 0 Å². The number of hydrogen-bond acceptors (Lipinski definition) is 6. The third-order valence-corrected chi connectivity index (χ3v) is 2.29. The van der Waals surface area contributed by atoms with Crippen LogP contribution in [0.3, 0.4) is 0 Å². The van der Waals surface area contributed by atoms with Crippen LogP contribution in [0.4, 0.5) is 5.69 Å². The number of rotatable bonds is 4. The lowest BCUT2D eigenvalue weighted by Crippen LogP contribution is -2.25. The van der Waals surface area contributed by atoms with Gasteiger partial charge in [0.15, 0.2) is 0 Å². The Morgan fingerprint density at radius 2 is 2.11 bits per heavy atom. The summed E-state index contributed by atoms with van der Waals surface area (Å²) in [5, 5.41) is 2.73. The fraction of sp³-hybridized carbons (Fsp3) is 0.0909. The van der Waals surface area contributed by atoms with E-state index in [-0.39, 0.29) is 5.91 Å². The summed E-state index contributed by atoms with van der Waals surface area (Å²) in [6, 6.07) is 3.35. The number of nitrogens with two attached hydrogens (primary N) is 1.